The number of nitrogens with one attached hydrogen (secondary N) is 1. The fraction of sp³-hybridized carbons (Fsp3) is 0.588. The van der Waals surface area contributed by atoms with Crippen LogP contribution >= 0.6 is 0 Å². The van der Waals surface area contributed by atoms with Crippen molar-refractivity contribution in [3.05, 3.63) is 29.8 Å². The molecule has 4 nitrogen and oxygen atoms in total. The summed E-state index contributed by atoms with van der Waals surface area (Å²) in [6.45, 7) is 4.30. The van der Waals surface area contributed by atoms with Gasteiger partial charge in [-0.05, 0) is 49.3 Å². The van der Waals surface area contributed by atoms with E-state index in [2.05, 4.69) is 31.3 Å². The number of aliphatic hydroxyl groups excluding tert-OH is 1. The van der Waals surface area contributed by atoms with E-state index in [-0.39, 0.29) is 12.0 Å². The van der Waals surface area contributed by atoms with Gasteiger partial charge in [-0.15, -0.1) is 0 Å². The van der Waals surface area contributed by atoms with Gasteiger partial charge in [0.15, 0.2) is 0 Å². The van der Waals surface area contributed by atoms with Crippen LogP contribution in [-0.4, -0.2) is 28.3 Å². The lowest BCUT2D eigenvalue weighted by molar-refractivity contribution is -0.142. The van der Waals surface area contributed by atoms with E-state index >= 15 is 0 Å². The minimum absolute atomic E-state index is 0.0724. The fourth-order valence-corrected chi connectivity index (χ4v) is 2.91. The molecule has 1 aromatic rings. The normalized spacial score (nSPS) is 26.4. The van der Waals surface area contributed by atoms with Gasteiger partial charge in [-0.25, -0.2) is 0 Å². The van der Waals surface area contributed by atoms with Crippen LogP contribution in [0.15, 0.2) is 24.3 Å². The lowest BCUT2D eigenvalue weighted by Crippen LogP contribution is -2.32. The molecule has 0 heterocycles. The number of carboxylic acids is 1. The van der Waals surface area contributed by atoms with E-state index in [0.29, 0.717) is 31.6 Å². The second-order valence-corrected chi connectivity index (χ2v) is 6.29. The highest BCUT2D eigenvalue weighted by atomic mass is 16.4. The minimum Gasteiger partial charge on any atom is -0.481 e. The first-order valence-corrected chi connectivity index (χ1v) is 7.74. The van der Waals surface area contributed by atoms with Crippen molar-refractivity contribution in [1.29, 1.82) is 0 Å². The summed E-state index contributed by atoms with van der Waals surface area (Å²) in [5.74, 6) is -0.611. The van der Waals surface area contributed by atoms with Crippen LogP contribution in [0, 0.1) is 5.92 Å². The van der Waals surface area contributed by atoms with E-state index in [1.807, 2.05) is 12.1 Å². The lowest BCUT2D eigenvalue weighted by atomic mass is 10.0. The Morgan fingerprint density at radius 2 is 1.95 bits per heavy atom. The van der Waals surface area contributed by atoms with Crippen molar-refractivity contribution in [2.75, 3.05) is 5.32 Å². The van der Waals surface area contributed by atoms with Crippen LogP contribution < -0.4 is 5.32 Å². The molecule has 1 fully saturated rings. The fourth-order valence-electron chi connectivity index (χ4n) is 2.91. The Labute approximate surface area is 126 Å². The van der Waals surface area contributed by atoms with Crippen LogP contribution in [0.5, 0.6) is 0 Å². The number of anilines is 1. The minimum atomic E-state index is -0.746. The van der Waals surface area contributed by atoms with Gasteiger partial charge >= 0.3 is 5.97 Å². The highest BCUT2D eigenvalue weighted by molar-refractivity contribution is 5.70. The van der Waals surface area contributed by atoms with Crippen molar-refractivity contribution in [3.63, 3.8) is 0 Å². The topological polar surface area (TPSA) is 69.6 Å². The average molecular weight is 291 g/mol. The average Bonchev–Trinajstić information content (AvgIpc) is 2.62. The molecular formula is C17H25NO3. The number of benzene rings is 1. The number of hydrogen-bond donors (Lipinski definition) is 3. The monoisotopic (exact) mass is 291 g/mol. The smallest absolute Gasteiger partial charge is 0.306 e. The maximum Gasteiger partial charge on any atom is 0.306 e. The van der Waals surface area contributed by atoms with Gasteiger partial charge in [-0.1, -0.05) is 26.0 Å². The van der Waals surface area contributed by atoms with Crippen LogP contribution in [-0.2, 0) is 4.79 Å². The van der Waals surface area contributed by atoms with Crippen LogP contribution in [0.4, 0.5) is 5.69 Å². The molecule has 21 heavy (non-hydrogen) atoms. The van der Waals surface area contributed by atoms with Crippen LogP contribution in [0.1, 0.15) is 51.0 Å². The first kappa shape index (κ1) is 15.8. The molecule has 0 radical (unpaired) electrons. The highest BCUT2D eigenvalue weighted by Gasteiger charge is 2.29. The molecule has 4 heteroatoms. The van der Waals surface area contributed by atoms with Crippen molar-refractivity contribution in [1.82, 2.24) is 0 Å². The number of carbonyl (C=O) groups is 1. The van der Waals surface area contributed by atoms with E-state index in [1.54, 1.807) is 0 Å². The Hall–Kier alpha value is -1.55. The van der Waals surface area contributed by atoms with Crippen LogP contribution in [0.2, 0.25) is 0 Å². The van der Waals surface area contributed by atoms with E-state index in [4.69, 9.17) is 5.11 Å². The summed E-state index contributed by atoms with van der Waals surface area (Å²) in [7, 11) is 0. The molecule has 0 spiro atoms. The van der Waals surface area contributed by atoms with E-state index in [1.165, 1.54) is 5.56 Å². The second kappa shape index (κ2) is 6.94. The lowest BCUT2D eigenvalue weighted by Gasteiger charge is -2.23. The largest absolute Gasteiger partial charge is 0.481 e. The van der Waals surface area contributed by atoms with Crippen LogP contribution in [0.25, 0.3) is 0 Å². The summed E-state index contributed by atoms with van der Waals surface area (Å²) in [6, 6.07) is 8.15. The molecule has 0 unspecified atom stereocenters. The quantitative estimate of drug-likeness (QED) is 0.745. The van der Waals surface area contributed by atoms with Crippen molar-refractivity contribution in [2.24, 2.45) is 5.92 Å². The summed E-state index contributed by atoms with van der Waals surface area (Å²) < 4.78 is 0. The zero-order valence-corrected chi connectivity index (χ0v) is 12.7. The first-order valence-electron chi connectivity index (χ1n) is 7.74. The van der Waals surface area contributed by atoms with Gasteiger partial charge in [0.1, 0.15) is 0 Å². The standard InChI is InChI=1S/C17H25NO3/c1-11(2)13-4-3-5-14(10-13)18-15-8-6-12(17(20)21)7-9-16(15)19/h3-5,10-12,15-16,18-19H,6-9H2,1-2H3,(H,20,21)/t12-,15+,16+/m1/s1. The maximum atomic E-state index is 11.1. The predicted molar refractivity (Wildman–Crippen MR) is 83.5 cm³/mol. The first-order chi connectivity index (χ1) is 9.97. The van der Waals surface area contributed by atoms with Gasteiger partial charge < -0.3 is 15.5 Å². The van der Waals surface area contributed by atoms with Crippen molar-refractivity contribution < 1.29 is 15.0 Å². The number of rotatable bonds is 4. The van der Waals surface area contributed by atoms with Gasteiger partial charge in [0.05, 0.1) is 18.1 Å². The number of hydrogen-bond acceptors (Lipinski definition) is 3. The molecule has 0 amide bonds. The second-order valence-electron chi connectivity index (χ2n) is 6.29. The van der Waals surface area contributed by atoms with Gasteiger partial charge in [0.2, 0.25) is 0 Å². The molecule has 0 bridgehead atoms. The summed E-state index contributed by atoms with van der Waals surface area (Å²) >= 11 is 0. The SMILES string of the molecule is CC(C)c1cccc(N[C@H]2CC[C@@H](C(=O)O)CC[C@@H]2O)c1. The number of aliphatic hydroxyl groups is 1. The van der Waals surface area contributed by atoms with E-state index < -0.39 is 12.1 Å². The third-order valence-corrected chi connectivity index (χ3v) is 4.36. The van der Waals surface area contributed by atoms with Gasteiger partial charge in [0.25, 0.3) is 0 Å². The Morgan fingerprint density at radius 1 is 1.24 bits per heavy atom. The molecule has 1 aliphatic carbocycles. The van der Waals surface area contributed by atoms with Crippen LogP contribution in [0.3, 0.4) is 0 Å². The maximum absolute atomic E-state index is 11.1. The molecule has 0 aromatic heterocycles. The third-order valence-electron chi connectivity index (χ3n) is 4.36. The molecule has 116 valence electrons. The molecule has 0 aliphatic heterocycles. The number of carboxylic acid groups (broad SMARTS) is 1. The number of aliphatic carboxylic acids is 1. The summed E-state index contributed by atoms with van der Waals surface area (Å²) in [6.07, 6.45) is 1.91. The summed E-state index contributed by atoms with van der Waals surface area (Å²) in [5, 5.41) is 22.7. The van der Waals surface area contributed by atoms with Crippen molar-refractivity contribution in [3.8, 4) is 0 Å². The van der Waals surface area contributed by atoms with E-state index in [0.717, 1.165) is 5.69 Å². The molecule has 3 N–H and O–H groups in total. The molecule has 1 aromatic carbocycles. The Balaban J connectivity index is 2.04. The molecule has 3 atom stereocenters. The molecule has 0 saturated heterocycles. The van der Waals surface area contributed by atoms with Gasteiger partial charge in [0, 0.05) is 5.69 Å². The third kappa shape index (κ3) is 4.21. The zero-order valence-electron chi connectivity index (χ0n) is 12.7. The molecule has 1 saturated carbocycles. The van der Waals surface area contributed by atoms with E-state index in [9.17, 15) is 9.90 Å². The highest BCUT2D eigenvalue weighted by Crippen LogP contribution is 2.27. The predicted octanol–water partition coefficient (Wildman–Crippen LogP) is 3.23. The Bertz CT molecular complexity index is 487. The Morgan fingerprint density at radius 3 is 2.62 bits per heavy atom. The molecule has 1 aliphatic rings. The van der Waals surface area contributed by atoms with Gasteiger partial charge in [-0.3, -0.25) is 4.79 Å². The van der Waals surface area contributed by atoms with Crippen molar-refractivity contribution in [2.45, 2.75) is 57.6 Å². The molecule has 2 rings (SSSR count). The van der Waals surface area contributed by atoms with Gasteiger partial charge in [-0.2, -0.15) is 0 Å². The summed E-state index contributed by atoms with van der Waals surface area (Å²) in [5.41, 5.74) is 2.26. The zero-order chi connectivity index (χ0) is 15.4. The van der Waals surface area contributed by atoms with Crippen molar-refractivity contribution >= 4 is 11.7 Å². The summed E-state index contributed by atoms with van der Waals surface area (Å²) in [4.78, 5) is 11.1. The Kier molecular flexibility index (Phi) is 5.23. The molecular weight excluding hydrogens is 266 g/mol.